The first kappa shape index (κ1) is 20.1. The summed E-state index contributed by atoms with van der Waals surface area (Å²) in [5, 5.41) is 2.30. The van der Waals surface area contributed by atoms with Gasteiger partial charge in [-0.25, -0.2) is 9.59 Å². The predicted molar refractivity (Wildman–Crippen MR) is 81.3 cm³/mol. The van der Waals surface area contributed by atoms with Crippen molar-refractivity contribution in [2.24, 2.45) is 0 Å². The van der Waals surface area contributed by atoms with Gasteiger partial charge in [-0.15, -0.1) is 6.58 Å². The largest absolute Gasteiger partial charge is 0.463 e. The van der Waals surface area contributed by atoms with E-state index < -0.39 is 24.1 Å². The summed E-state index contributed by atoms with van der Waals surface area (Å²) in [6, 6.07) is -0.783. The summed E-state index contributed by atoms with van der Waals surface area (Å²) < 4.78 is 24.8. The molecule has 1 N–H and O–H groups in total. The number of carbonyl (C=O) groups is 3. The topological polar surface area (TPSA) is 109 Å². The monoisotopic (exact) mass is 345 g/mol. The van der Waals surface area contributed by atoms with E-state index in [1.54, 1.807) is 6.08 Å². The lowest BCUT2D eigenvalue weighted by atomic mass is 10.2. The number of rotatable bonds is 14. The van der Waals surface area contributed by atoms with E-state index in [4.69, 9.17) is 18.9 Å². The van der Waals surface area contributed by atoms with Crippen molar-refractivity contribution in [3.8, 4) is 0 Å². The van der Waals surface area contributed by atoms with E-state index in [-0.39, 0.29) is 26.1 Å². The summed E-state index contributed by atoms with van der Waals surface area (Å²) in [6.45, 7) is 6.19. The molecule has 9 nitrogen and oxygen atoms in total. The van der Waals surface area contributed by atoms with E-state index in [2.05, 4.69) is 16.6 Å². The smallest absolute Gasteiger partial charge is 0.415 e. The maximum atomic E-state index is 11.5. The van der Waals surface area contributed by atoms with Crippen LogP contribution in [0.3, 0.4) is 0 Å². The molecule has 9 heteroatoms. The van der Waals surface area contributed by atoms with Crippen LogP contribution in [0.5, 0.6) is 0 Å². The first-order valence-corrected chi connectivity index (χ1v) is 7.65. The molecule has 1 rings (SSSR count). The Hall–Kier alpha value is -1.97. The van der Waals surface area contributed by atoms with Crippen LogP contribution < -0.4 is 5.32 Å². The fourth-order valence-corrected chi connectivity index (χ4v) is 1.74. The summed E-state index contributed by atoms with van der Waals surface area (Å²) >= 11 is 0. The van der Waals surface area contributed by atoms with Gasteiger partial charge in [-0.3, -0.25) is 4.79 Å². The quantitative estimate of drug-likeness (QED) is 0.205. The lowest BCUT2D eigenvalue weighted by molar-refractivity contribution is -0.145. The van der Waals surface area contributed by atoms with Gasteiger partial charge >= 0.3 is 18.0 Å². The van der Waals surface area contributed by atoms with Crippen LogP contribution in [0.25, 0.3) is 0 Å². The van der Waals surface area contributed by atoms with Gasteiger partial charge in [-0.2, -0.15) is 0 Å². The molecule has 136 valence electrons. The Bertz CT molecular complexity index is 426. The van der Waals surface area contributed by atoms with Gasteiger partial charge in [-0.1, -0.05) is 6.08 Å². The molecule has 24 heavy (non-hydrogen) atoms. The first-order chi connectivity index (χ1) is 11.6. The van der Waals surface area contributed by atoms with Crippen LogP contribution in [0.1, 0.15) is 12.8 Å². The lowest BCUT2D eigenvalue weighted by Crippen LogP contribution is -2.29. The lowest BCUT2D eigenvalue weighted by Gasteiger charge is -2.08. The average Bonchev–Trinajstić information content (AvgIpc) is 2.88. The van der Waals surface area contributed by atoms with Crippen LogP contribution >= 0.6 is 0 Å². The Kier molecular flexibility index (Phi) is 10.4. The van der Waals surface area contributed by atoms with Gasteiger partial charge in [0.05, 0.1) is 39.6 Å². The van der Waals surface area contributed by atoms with Crippen molar-refractivity contribution in [1.29, 1.82) is 0 Å². The number of hydrogen-bond acceptors (Lipinski definition) is 8. The molecular formula is C15H23NO8. The van der Waals surface area contributed by atoms with Crippen molar-refractivity contribution in [3.63, 3.8) is 0 Å². The Labute approximate surface area is 140 Å². The normalized spacial score (nSPS) is 16.6. The highest BCUT2D eigenvalue weighted by molar-refractivity contribution is 5.95. The van der Waals surface area contributed by atoms with Crippen molar-refractivity contribution in [3.05, 3.63) is 12.7 Å². The number of nitrogens with one attached hydrogen (secondary N) is 1. The highest BCUT2D eigenvalue weighted by Gasteiger charge is 2.32. The van der Waals surface area contributed by atoms with Gasteiger partial charge in [0.1, 0.15) is 12.6 Å². The van der Waals surface area contributed by atoms with Crippen molar-refractivity contribution in [2.45, 2.75) is 18.9 Å². The van der Waals surface area contributed by atoms with Crippen LogP contribution in [0.15, 0.2) is 12.7 Å². The van der Waals surface area contributed by atoms with E-state index in [0.717, 1.165) is 0 Å². The molecule has 1 fully saturated rings. The molecule has 1 aliphatic heterocycles. The highest BCUT2D eigenvalue weighted by Crippen LogP contribution is 2.07. The zero-order chi connectivity index (χ0) is 17.6. The van der Waals surface area contributed by atoms with Gasteiger partial charge in [-0.05, 0) is 6.42 Å². The van der Waals surface area contributed by atoms with E-state index in [0.29, 0.717) is 33.0 Å². The molecule has 0 aromatic rings. The van der Waals surface area contributed by atoms with E-state index >= 15 is 0 Å². The molecule has 1 saturated heterocycles. The molecule has 0 saturated carbocycles. The Morgan fingerprint density at radius 2 is 1.71 bits per heavy atom. The third-order valence-corrected chi connectivity index (χ3v) is 2.88. The van der Waals surface area contributed by atoms with Crippen LogP contribution in [-0.2, 0) is 33.3 Å². The summed E-state index contributed by atoms with van der Waals surface area (Å²) in [4.78, 5) is 33.4. The Balaban J connectivity index is 1.87. The standard InChI is InChI=1S/C15H23NO8/c1-2-5-20-6-7-21-8-9-22-10-11-23-13(17)4-3-12-14(18)24-15(19)16-12/h2,12H,1,3-11H2,(H,16,19)/t12-/m0/s1. The number of esters is 2. The Morgan fingerprint density at radius 3 is 2.29 bits per heavy atom. The second-order valence-electron chi connectivity index (χ2n) is 4.75. The van der Waals surface area contributed by atoms with Crippen LogP contribution in [-0.4, -0.2) is 70.3 Å². The fraction of sp³-hybridized carbons (Fsp3) is 0.667. The van der Waals surface area contributed by atoms with Gasteiger partial charge in [0.2, 0.25) is 0 Å². The van der Waals surface area contributed by atoms with Crippen molar-refractivity contribution in [1.82, 2.24) is 5.32 Å². The molecule has 1 amide bonds. The minimum absolute atomic E-state index is 0.00780. The zero-order valence-corrected chi connectivity index (χ0v) is 13.5. The number of alkyl carbamates (subject to hydrolysis) is 1. The second-order valence-corrected chi connectivity index (χ2v) is 4.75. The van der Waals surface area contributed by atoms with Crippen LogP contribution in [0.4, 0.5) is 4.79 Å². The number of hydrogen-bond donors (Lipinski definition) is 1. The van der Waals surface area contributed by atoms with Crippen LogP contribution in [0, 0.1) is 0 Å². The highest BCUT2D eigenvalue weighted by atomic mass is 16.6. The summed E-state index contributed by atoms with van der Waals surface area (Å²) in [5.41, 5.74) is 0. The maximum Gasteiger partial charge on any atom is 0.415 e. The van der Waals surface area contributed by atoms with Gasteiger partial charge in [0.15, 0.2) is 0 Å². The second kappa shape index (κ2) is 12.5. The fourth-order valence-electron chi connectivity index (χ4n) is 1.74. The maximum absolute atomic E-state index is 11.5. The van der Waals surface area contributed by atoms with E-state index in [1.165, 1.54) is 0 Å². The molecule has 1 heterocycles. The summed E-state index contributed by atoms with van der Waals surface area (Å²) in [7, 11) is 0. The molecule has 0 aromatic carbocycles. The molecule has 0 radical (unpaired) electrons. The average molecular weight is 345 g/mol. The SMILES string of the molecule is C=CCOCCOCCOCCOC(=O)CC[C@@H]1NC(=O)OC1=O. The van der Waals surface area contributed by atoms with Gasteiger partial charge in [0, 0.05) is 6.42 Å². The van der Waals surface area contributed by atoms with Gasteiger partial charge in [0.25, 0.3) is 0 Å². The summed E-state index contributed by atoms with van der Waals surface area (Å²) in [5.74, 6) is -1.14. The predicted octanol–water partition coefficient (Wildman–Crippen LogP) is 0.181. The Morgan fingerprint density at radius 1 is 1.08 bits per heavy atom. The minimum atomic E-state index is -0.791. The zero-order valence-electron chi connectivity index (χ0n) is 13.5. The summed E-state index contributed by atoms with van der Waals surface area (Å²) in [6.07, 6.45) is 1.03. The molecule has 1 atom stereocenters. The molecule has 0 aromatic heterocycles. The van der Waals surface area contributed by atoms with Crippen molar-refractivity contribution in [2.75, 3.05) is 46.2 Å². The molecule has 0 bridgehead atoms. The molecule has 0 aliphatic carbocycles. The molecule has 0 spiro atoms. The number of amides is 1. The molecule has 0 unspecified atom stereocenters. The van der Waals surface area contributed by atoms with E-state index in [9.17, 15) is 14.4 Å². The number of carbonyl (C=O) groups excluding carboxylic acids is 3. The molecular weight excluding hydrogens is 322 g/mol. The third kappa shape index (κ3) is 9.23. The molecule has 1 aliphatic rings. The van der Waals surface area contributed by atoms with E-state index in [1.807, 2.05) is 0 Å². The third-order valence-electron chi connectivity index (χ3n) is 2.88. The van der Waals surface area contributed by atoms with Crippen molar-refractivity contribution >= 4 is 18.0 Å². The number of cyclic esters (lactones) is 2. The number of ether oxygens (including phenoxy) is 5. The van der Waals surface area contributed by atoms with Gasteiger partial charge < -0.3 is 29.0 Å². The van der Waals surface area contributed by atoms with Crippen molar-refractivity contribution < 1.29 is 38.1 Å². The minimum Gasteiger partial charge on any atom is -0.463 e. The first-order valence-electron chi connectivity index (χ1n) is 7.65. The van der Waals surface area contributed by atoms with Crippen LogP contribution in [0.2, 0.25) is 0 Å².